The quantitative estimate of drug-likeness (QED) is 0.366. The molecular formula is C24H40ClN3O. The number of nitrogens with one attached hydrogen (secondary N) is 1. The van der Waals surface area contributed by atoms with Gasteiger partial charge < -0.3 is 17.3 Å². The van der Waals surface area contributed by atoms with Gasteiger partial charge >= 0.3 is 0 Å². The number of halogens is 1. The van der Waals surface area contributed by atoms with E-state index in [0.29, 0.717) is 0 Å². The molecule has 0 spiro atoms. The summed E-state index contributed by atoms with van der Waals surface area (Å²) in [7, 11) is 0. The van der Waals surface area contributed by atoms with Crippen molar-refractivity contribution in [1.29, 1.82) is 0 Å². The zero-order chi connectivity index (χ0) is 20.2. The average molecular weight is 422 g/mol. The maximum absolute atomic E-state index is 12.9. The lowest BCUT2D eigenvalue weighted by Crippen LogP contribution is -3.16. The van der Waals surface area contributed by atoms with Crippen molar-refractivity contribution in [1.82, 2.24) is 4.90 Å². The van der Waals surface area contributed by atoms with E-state index in [1.165, 1.54) is 64.2 Å². The van der Waals surface area contributed by atoms with Crippen molar-refractivity contribution >= 4 is 12.1 Å². The number of carbonyl (C=O) groups is 1. The van der Waals surface area contributed by atoms with Crippen LogP contribution in [0.4, 0.5) is 0 Å². The molecule has 0 amide bonds. The number of quaternary nitrogens is 1. The molecule has 0 fully saturated rings. The van der Waals surface area contributed by atoms with Gasteiger partial charge in [-0.15, -0.1) is 0 Å². The first-order valence-electron chi connectivity index (χ1n) is 11.3. The van der Waals surface area contributed by atoms with E-state index in [1.807, 2.05) is 50.5 Å². The minimum Gasteiger partial charge on any atom is -1.00 e. The monoisotopic (exact) mass is 421 g/mol. The Hall–Kier alpha value is -1.39. The summed E-state index contributed by atoms with van der Waals surface area (Å²) in [5.41, 5.74) is 0.216. The molecule has 1 aromatic rings. The van der Waals surface area contributed by atoms with Gasteiger partial charge in [-0.1, -0.05) is 100 Å². The van der Waals surface area contributed by atoms with Crippen molar-refractivity contribution in [2.75, 3.05) is 13.2 Å². The number of unbranched alkanes of at least 4 members (excludes halogenated alkanes) is 9. The Labute approximate surface area is 184 Å². The van der Waals surface area contributed by atoms with Gasteiger partial charge in [-0.05, 0) is 6.42 Å². The third-order valence-corrected chi connectivity index (χ3v) is 5.85. The lowest BCUT2D eigenvalue weighted by atomic mass is 9.93. The predicted octanol–water partition coefficient (Wildman–Crippen LogP) is 1.67. The van der Waals surface area contributed by atoms with Gasteiger partial charge in [0.1, 0.15) is 0 Å². The molecule has 5 heteroatoms. The Bertz CT molecular complexity index is 603. The van der Waals surface area contributed by atoms with Crippen LogP contribution in [0.5, 0.6) is 0 Å². The van der Waals surface area contributed by atoms with Gasteiger partial charge in [0.05, 0.1) is 0 Å². The number of hydrogen-bond acceptors (Lipinski definition) is 3. The van der Waals surface area contributed by atoms with Gasteiger partial charge in [0, 0.05) is 26.0 Å². The largest absolute Gasteiger partial charge is 1.00 e. The third kappa shape index (κ3) is 8.47. The van der Waals surface area contributed by atoms with Crippen molar-refractivity contribution in [3.63, 3.8) is 0 Å². The fourth-order valence-corrected chi connectivity index (χ4v) is 3.80. The molecule has 0 saturated carbocycles. The summed E-state index contributed by atoms with van der Waals surface area (Å²) in [6.45, 7) is 8.09. The highest BCUT2D eigenvalue weighted by molar-refractivity contribution is 6.01. The zero-order valence-corrected chi connectivity index (χ0v) is 19.4. The van der Waals surface area contributed by atoms with Crippen LogP contribution in [0.25, 0.3) is 0 Å². The van der Waals surface area contributed by atoms with Crippen LogP contribution in [0.15, 0.2) is 35.4 Å². The average Bonchev–Trinajstić information content (AvgIpc) is 3.19. The molecule has 0 bridgehead atoms. The molecule has 0 aliphatic carbocycles. The lowest BCUT2D eigenvalue weighted by Gasteiger charge is -2.27. The van der Waals surface area contributed by atoms with E-state index in [0.717, 1.165) is 23.8 Å². The first-order valence-corrected chi connectivity index (χ1v) is 11.3. The molecule has 1 heterocycles. The van der Waals surface area contributed by atoms with Crippen molar-refractivity contribution in [2.24, 2.45) is 5.10 Å². The van der Waals surface area contributed by atoms with Crippen molar-refractivity contribution in [2.45, 2.75) is 90.5 Å². The summed E-state index contributed by atoms with van der Waals surface area (Å²) in [4.78, 5) is 15.2. The van der Waals surface area contributed by atoms with Crippen LogP contribution in [0.2, 0.25) is 0 Å². The van der Waals surface area contributed by atoms with E-state index in [4.69, 9.17) is 0 Å². The molecule has 1 aliphatic heterocycles. The number of rotatable bonds is 14. The Balaban J connectivity index is 0.00000420. The van der Waals surface area contributed by atoms with Gasteiger partial charge in [-0.3, -0.25) is 4.79 Å². The second kappa shape index (κ2) is 13.8. The zero-order valence-electron chi connectivity index (χ0n) is 18.6. The summed E-state index contributed by atoms with van der Waals surface area (Å²) in [5.74, 6) is 0.154. The lowest BCUT2D eigenvalue weighted by molar-refractivity contribution is -0.945. The normalized spacial score (nSPS) is 16.1. The van der Waals surface area contributed by atoms with Crippen LogP contribution in [0.1, 0.15) is 95.3 Å². The minimum absolute atomic E-state index is 0. The van der Waals surface area contributed by atoms with Crippen LogP contribution in [-0.4, -0.2) is 35.8 Å². The molecule has 1 atom stereocenters. The topological polar surface area (TPSA) is 37.1 Å². The summed E-state index contributed by atoms with van der Waals surface area (Å²) in [5, 5.41) is 5.58. The summed E-state index contributed by atoms with van der Waals surface area (Å²) in [6.07, 6.45) is 15.5. The molecule has 0 aromatic heterocycles. The summed E-state index contributed by atoms with van der Waals surface area (Å²) < 4.78 is 0. The van der Waals surface area contributed by atoms with E-state index in [9.17, 15) is 4.79 Å². The van der Waals surface area contributed by atoms with Crippen LogP contribution in [0, 0.1) is 0 Å². The molecule has 1 unspecified atom stereocenters. The van der Waals surface area contributed by atoms with Crippen molar-refractivity contribution in [3.8, 4) is 0 Å². The second-order valence-corrected chi connectivity index (χ2v) is 8.66. The Kier molecular flexibility index (Phi) is 12.2. The van der Waals surface area contributed by atoms with Crippen molar-refractivity contribution in [3.05, 3.63) is 35.9 Å². The van der Waals surface area contributed by atoms with Gasteiger partial charge in [0.25, 0.3) is 0 Å². The van der Waals surface area contributed by atoms with E-state index in [-0.39, 0.29) is 18.2 Å². The number of nitrogens with zero attached hydrogens (tertiary/aromatic N) is 2. The molecule has 1 aromatic carbocycles. The number of carbonyl (C=O) groups excluding carboxylic acids is 1. The highest BCUT2D eigenvalue weighted by Crippen LogP contribution is 2.12. The Morgan fingerprint density at radius 3 is 2.10 bits per heavy atom. The van der Waals surface area contributed by atoms with E-state index in [1.54, 1.807) is 0 Å². The predicted molar refractivity (Wildman–Crippen MR) is 118 cm³/mol. The SMILES string of the molecule is CCCCCCCCCCCCN1C=N[NH+](C(C)(C)C(=O)c2ccccc2)C1.[Cl-]. The highest BCUT2D eigenvalue weighted by Gasteiger charge is 2.42. The molecule has 1 aliphatic rings. The molecule has 0 radical (unpaired) electrons. The minimum atomic E-state index is -0.551. The van der Waals surface area contributed by atoms with Gasteiger partial charge in [0.15, 0.2) is 18.5 Å². The van der Waals surface area contributed by atoms with E-state index < -0.39 is 5.54 Å². The highest BCUT2D eigenvalue weighted by atomic mass is 35.5. The standard InChI is InChI=1S/C24H39N3O.ClH/c1-4-5-6-7-8-9-10-11-12-16-19-26-20-25-27(21-26)24(2,3)23(28)22-17-14-13-15-18-22;/h13-15,17-18,20H,4-12,16,19,21H2,1-3H3;1H. The maximum atomic E-state index is 12.9. The van der Waals surface area contributed by atoms with Crippen LogP contribution < -0.4 is 17.4 Å². The number of ketones is 1. The first kappa shape index (κ1) is 25.6. The van der Waals surface area contributed by atoms with Crippen LogP contribution in [0.3, 0.4) is 0 Å². The number of benzene rings is 1. The molecule has 2 rings (SSSR count). The fraction of sp³-hybridized carbons (Fsp3) is 0.667. The molecule has 29 heavy (non-hydrogen) atoms. The molecule has 4 nitrogen and oxygen atoms in total. The molecule has 1 N–H and O–H groups in total. The van der Waals surface area contributed by atoms with Crippen LogP contribution >= 0.6 is 0 Å². The van der Waals surface area contributed by atoms with Gasteiger partial charge in [-0.25, -0.2) is 0 Å². The van der Waals surface area contributed by atoms with Gasteiger partial charge in [-0.2, -0.15) is 5.01 Å². The summed E-state index contributed by atoms with van der Waals surface area (Å²) >= 11 is 0. The smallest absolute Gasteiger partial charge is 0.224 e. The van der Waals surface area contributed by atoms with Crippen LogP contribution in [-0.2, 0) is 0 Å². The van der Waals surface area contributed by atoms with Gasteiger partial charge in [0.2, 0.25) is 5.78 Å². The van der Waals surface area contributed by atoms with Crippen molar-refractivity contribution < 1.29 is 22.2 Å². The molecule has 164 valence electrons. The van der Waals surface area contributed by atoms with E-state index >= 15 is 0 Å². The molecular weight excluding hydrogens is 382 g/mol. The Morgan fingerprint density at radius 2 is 1.52 bits per heavy atom. The fourth-order valence-electron chi connectivity index (χ4n) is 3.80. The summed E-state index contributed by atoms with van der Waals surface area (Å²) in [6, 6.07) is 9.57. The Morgan fingerprint density at radius 1 is 0.966 bits per heavy atom. The maximum Gasteiger partial charge on any atom is 0.224 e. The number of Topliss-reactive ketones (excluding diaryl/α,β-unsaturated/α-hetero) is 1. The number of hydrogen-bond donors (Lipinski definition) is 1. The first-order chi connectivity index (χ1) is 13.6. The second-order valence-electron chi connectivity index (χ2n) is 8.66. The van der Waals surface area contributed by atoms with E-state index in [2.05, 4.69) is 16.9 Å². The third-order valence-electron chi connectivity index (χ3n) is 5.85. The molecule has 0 saturated heterocycles.